The molecule has 0 saturated carbocycles. The summed E-state index contributed by atoms with van der Waals surface area (Å²) in [6.45, 7) is 5.26. The predicted octanol–water partition coefficient (Wildman–Crippen LogP) is 1.64. The normalized spacial score (nSPS) is 20.8. The van der Waals surface area contributed by atoms with Crippen LogP contribution in [0.4, 0.5) is 0 Å². The number of hydrogen-bond acceptors (Lipinski definition) is 4. The fraction of sp³-hybridized carbons (Fsp3) is 0.562. The first-order valence-corrected chi connectivity index (χ1v) is 7.38. The van der Waals surface area contributed by atoms with Crippen LogP contribution in [0, 0.1) is 0 Å². The van der Waals surface area contributed by atoms with Crippen molar-refractivity contribution >= 4 is 5.91 Å². The number of hydrogen-bond donors (Lipinski definition) is 2. The summed E-state index contributed by atoms with van der Waals surface area (Å²) >= 11 is 0. The first-order valence-electron chi connectivity index (χ1n) is 7.38. The van der Waals surface area contributed by atoms with Gasteiger partial charge in [0.15, 0.2) is 0 Å². The Balaban J connectivity index is 1.88. The summed E-state index contributed by atoms with van der Waals surface area (Å²) in [5, 5.41) is 6.32. The second-order valence-corrected chi connectivity index (χ2v) is 5.46. The van der Waals surface area contributed by atoms with E-state index in [-0.39, 0.29) is 24.0 Å². The standard InChI is InChI=1S/C16H24N2O3/c1-11(13-5-4-6-15(9-13)20-3)17-12(2)16(19)18-14-7-8-21-10-14/h4-6,9,11-12,14,17H,7-8,10H2,1-3H3,(H,18,19)/t11-,12-,14+/m0/s1. The van der Waals surface area contributed by atoms with Crippen LogP contribution in [-0.2, 0) is 9.53 Å². The number of rotatable bonds is 6. The van der Waals surface area contributed by atoms with Gasteiger partial charge in [-0.3, -0.25) is 10.1 Å². The van der Waals surface area contributed by atoms with E-state index in [1.807, 2.05) is 38.1 Å². The maximum absolute atomic E-state index is 12.1. The van der Waals surface area contributed by atoms with Crippen molar-refractivity contribution in [3.63, 3.8) is 0 Å². The van der Waals surface area contributed by atoms with Crippen molar-refractivity contribution in [1.82, 2.24) is 10.6 Å². The summed E-state index contributed by atoms with van der Waals surface area (Å²) in [6.07, 6.45) is 0.893. The molecule has 0 radical (unpaired) electrons. The quantitative estimate of drug-likeness (QED) is 0.837. The number of carbonyl (C=O) groups excluding carboxylic acids is 1. The molecule has 2 rings (SSSR count). The van der Waals surface area contributed by atoms with Gasteiger partial charge in [-0.2, -0.15) is 0 Å². The first-order chi connectivity index (χ1) is 10.1. The van der Waals surface area contributed by atoms with Gasteiger partial charge in [0.1, 0.15) is 5.75 Å². The van der Waals surface area contributed by atoms with E-state index in [4.69, 9.17) is 9.47 Å². The van der Waals surface area contributed by atoms with Crippen LogP contribution in [-0.4, -0.2) is 38.3 Å². The van der Waals surface area contributed by atoms with Gasteiger partial charge in [0.25, 0.3) is 0 Å². The Labute approximate surface area is 126 Å². The summed E-state index contributed by atoms with van der Waals surface area (Å²) in [6, 6.07) is 7.82. The van der Waals surface area contributed by atoms with E-state index in [1.54, 1.807) is 7.11 Å². The highest BCUT2D eigenvalue weighted by Gasteiger charge is 2.22. The average Bonchev–Trinajstić information content (AvgIpc) is 3.00. The van der Waals surface area contributed by atoms with E-state index in [2.05, 4.69) is 10.6 Å². The smallest absolute Gasteiger partial charge is 0.237 e. The van der Waals surface area contributed by atoms with Crippen LogP contribution >= 0.6 is 0 Å². The molecule has 1 fully saturated rings. The molecule has 0 aliphatic carbocycles. The van der Waals surface area contributed by atoms with Crippen LogP contribution in [0.2, 0.25) is 0 Å². The van der Waals surface area contributed by atoms with Crippen LogP contribution in [0.25, 0.3) is 0 Å². The lowest BCUT2D eigenvalue weighted by Crippen LogP contribution is -2.47. The number of benzene rings is 1. The zero-order chi connectivity index (χ0) is 15.2. The largest absolute Gasteiger partial charge is 0.497 e. The van der Waals surface area contributed by atoms with Gasteiger partial charge >= 0.3 is 0 Å². The Kier molecular flexibility index (Phi) is 5.59. The van der Waals surface area contributed by atoms with Crippen LogP contribution in [0.1, 0.15) is 31.9 Å². The first kappa shape index (κ1) is 15.8. The van der Waals surface area contributed by atoms with Gasteiger partial charge in [0.05, 0.1) is 25.8 Å². The molecule has 1 saturated heterocycles. The Hall–Kier alpha value is -1.59. The fourth-order valence-corrected chi connectivity index (χ4v) is 2.43. The van der Waals surface area contributed by atoms with Gasteiger partial charge in [-0.15, -0.1) is 0 Å². The Morgan fingerprint density at radius 1 is 1.43 bits per heavy atom. The zero-order valence-corrected chi connectivity index (χ0v) is 12.9. The summed E-state index contributed by atoms with van der Waals surface area (Å²) < 4.78 is 10.5. The average molecular weight is 292 g/mol. The molecule has 0 bridgehead atoms. The SMILES string of the molecule is COc1cccc([C@H](C)N[C@@H](C)C(=O)N[C@@H]2CCOC2)c1. The Bertz CT molecular complexity index is 472. The van der Waals surface area contributed by atoms with Crippen molar-refractivity contribution in [3.8, 4) is 5.75 Å². The van der Waals surface area contributed by atoms with E-state index in [1.165, 1.54) is 0 Å². The molecule has 1 amide bonds. The molecule has 3 atom stereocenters. The number of nitrogens with one attached hydrogen (secondary N) is 2. The van der Waals surface area contributed by atoms with E-state index in [0.29, 0.717) is 6.61 Å². The molecule has 2 N–H and O–H groups in total. The molecule has 0 aromatic heterocycles. The number of methoxy groups -OCH3 is 1. The summed E-state index contributed by atoms with van der Waals surface area (Å²) in [4.78, 5) is 12.1. The van der Waals surface area contributed by atoms with Crippen LogP contribution < -0.4 is 15.4 Å². The van der Waals surface area contributed by atoms with Crippen LogP contribution in [0.5, 0.6) is 5.75 Å². The molecule has 5 nitrogen and oxygen atoms in total. The minimum atomic E-state index is -0.258. The highest BCUT2D eigenvalue weighted by atomic mass is 16.5. The Morgan fingerprint density at radius 2 is 2.24 bits per heavy atom. The van der Waals surface area contributed by atoms with Crippen molar-refractivity contribution in [1.29, 1.82) is 0 Å². The third-order valence-electron chi connectivity index (χ3n) is 3.76. The maximum atomic E-state index is 12.1. The van der Waals surface area contributed by atoms with Crippen molar-refractivity contribution in [2.75, 3.05) is 20.3 Å². The molecule has 0 unspecified atom stereocenters. The third kappa shape index (κ3) is 4.44. The molecule has 0 spiro atoms. The van der Waals surface area contributed by atoms with Crippen molar-refractivity contribution in [3.05, 3.63) is 29.8 Å². The van der Waals surface area contributed by atoms with Gasteiger partial charge in [-0.25, -0.2) is 0 Å². The summed E-state index contributed by atoms with van der Waals surface area (Å²) in [7, 11) is 1.65. The zero-order valence-electron chi connectivity index (χ0n) is 12.9. The fourth-order valence-electron chi connectivity index (χ4n) is 2.43. The molecule has 1 aliphatic heterocycles. The van der Waals surface area contributed by atoms with Gasteiger partial charge in [-0.1, -0.05) is 12.1 Å². The number of carbonyl (C=O) groups is 1. The van der Waals surface area contributed by atoms with Crippen molar-refractivity contribution < 1.29 is 14.3 Å². The van der Waals surface area contributed by atoms with Crippen molar-refractivity contribution in [2.45, 2.75) is 38.4 Å². The minimum Gasteiger partial charge on any atom is -0.497 e. The molecule has 1 aromatic carbocycles. The van der Waals surface area contributed by atoms with Crippen molar-refractivity contribution in [2.24, 2.45) is 0 Å². The second kappa shape index (κ2) is 7.43. The molecule has 116 valence electrons. The van der Waals surface area contributed by atoms with E-state index >= 15 is 0 Å². The van der Waals surface area contributed by atoms with Crippen LogP contribution in [0.3, 0.4) is 0 Å². The molecule has 1 heterocycles. The molecule has 1 aliphatic rings. The highest BCUT2D eigenvalue weighted by Crippen LogP contribution is 2.19. The third-order valence-corrected chi connectivity index (χ3v) is 3.76. The van der Waals surface area contributed by atoms with E-state index in [0.717, 1.165) is 24.3 Å². The number of ether oxygens (including phenoxy) is 2. The molecule has 21 heavy (non-hydrogen) atoms. The van der Waals surface area contributed by atoms with Gasteiger partial charge in [0, 0.05) is 12.6 Å². The molecular weight excluding hydrogens is 268 g/mol. The summed E-state index contributed by atoms with van der Waals surface area (Å²) in [5.41, 5.74) is 1.10. The predicted molar refractivity (Wildman–Crippen MR) is 81.4 cm³/mol. The number of amides is 1. The monoisotopic (exact) mass is 292 g/mol. The van der Waals surface area contributed by atoms with Gasteiger partial charge < -0.3 is 14.8 Å². The van der Waals surface area contributed by atoms with Gasteiger partial charge in [0.2, 0.25) is 5.91 Å². The Morgan fingerprint density at radius 3 is 2.90 bits per heavy atom. The molecule has 1 aromatic rings. The lowest BCUT2D eigenvalue weighted by Gasteiger charge is -2.21. The molecular formula is C16H24N2O3. The topological polar surface area (TPSA) is 59.6 Å². The molecule has 5 heteroatoms. The highest BCUT2D eigenvalue weighted by molar-refractivity contribution is 5.81. The lowest BCUT2D eigenvalue weighted by molar-refractivity contribution is -0.123. The summed E-state index contributed by atoms with van der Waals surface area (Å²) in [5.74, 6) is 0.835. The maximum Gasteiger partial charge on any atom is 0.237 e. The van der Waals surface area contributed by atoms with E-state index in [9.17, 15) is 4.79 Å². The minimum absolute atomic E-state index is 0.0141. The lowest BCUT2D eigenvalue weighted by atomic mass is 10.1. The second-order valence-electron chi connectivity index (χ2n) is 5.46. The van der Waals surface area contributed by atoms with Crippen LogP contribution in [0.15, 0.2) is 24.3 Å². The van der Waals surface area contributed by atoms with E-state index < -0.39 is 0 Å². The van der Waals surface area contributed by atoms with Gasteiger partial charge in [-0.05, 0) is 38.0 Å².